The molecule has 1 saturated carbocycles. The third-order valence-electron chi connectivity index (χ3n) is 2.98. The number of hydrogen-bond donors (Lipinski definition) is 1. The monoisotopic (exact) mass is 169 g/mol. The first-order chi connectivity index (χ1) is 5.69. The number of carbonyl (C=O) groups is 1. The van der Waals surface area contributed by atoms with Gasteiger partial charge in [-0.05, 0) is 12.8 Å². The van der Waals surface area contributed by atoms with Gasteiger partial charge in [0, 0.05) is 32.1 Å². The highest BCUT2D eigenvalue weighted by atomic mass is 16.2. The van der Waals surface area contributed by atoms with E-state index in [0.717, 1.165) is 12.8 Å². The minimum absolute atomic E-state index is 0.201. The second-order valence-electron chi connectivity index (χ2n) is 3.73. The number of carbonyl (C=O) groups excluding carboxylic acids is 1. The van der Waals surface area contributed by atoms with Crippen molar-refractivity contribution in [3.05, 3.63) is 0 Å². The Hall–Kier alpha value is -0.610. The van der Waals surface area contributed by atoms with Crippen LogP contribution in [0.3, 0.4) is 0 Å². The Morgan fingerprint density at radius 3 is 2.67 bits per heavy atom. The Morgan fingerprint density at radius 1 is 1.58 bits per heavy atom. The number of hydrogen-bond acceptors (Lipinski definition) is 3. The van der Waals surface area contributed by atoms with E-state index in [2.05, 4.69) is 5.01 Å². The van der Waals surface area contributed by atoms with Gasteiger partial charge in [0.05, 0.1) is 0 Å². The van der Waals surface area contributed by atoms with Crippen molar-refractivity contribution >= 4 is 5.91 Å². The van der Waals surface area contributed by atoms with Crippen molar-refractivity contribution in [2.75, 3.05) is 20.1 Å². The minimum Gasteiger partial charge on any atom is -0.329 e. The quantitative estimate of drug-likeness (QED) is 0.609. The van der Waals surface area contributed by atoms with Crippen molar-refractivity contribution < 1.29 is 4.79 Å². The third kappa shape index (κ3) is 0.949. The highest BCUT2D eigenvalue weighted by Crippen LogP contribution is 2.48. The summed E-state index contributed by atoms with van der Waals surface area (Å²) in [6.07, 6.45) is 3.02. The van der Waals surface area contributed by atoms with E-state index in [0.29, 0.717) is 19.5 Å². The van der Waals surface area contributed by atoms with Gasteiger partial charge >= 0.3 is 0 Å². The van der Waals surface area contributed by atoms with Crippen molar-refractivity contribution in [3.63, 3.8) is 0 Å². The molecule has 12 heavy (non-hydrogen) atoms. The van der Waals surface area contributed by atoms with E-state index in [4.69, 9.17) is 5.73 Å². The van der Waals surface area contributed by atoms with E-state index in [1.165, 1.54) is 0 Å². The highest BCUT2D eigenvalue weighted by molar-refractivity contribution is 5.80. The zero-order valence-electron chi connectivity index (χ0n) is 7.42. The maximum Gasteiger partial charge on any atom is 0.238 e. The van der Waals surface area contributed by atoms with Crippen molar-refractivity contribution in [1.29, 1.82) is 0 Å². The summed E-state index contributed by atoms with van der Waals surface area (Å²) in [5.74, 6) is 0.237. The number of nitrogens with two attached hydrogens (primary N) is 1. The molecule has 2 aliphatic rings. The molecule has 0 aromatic carbocycles. The summed E-state index contributed by atoms with van der Waals surface area (Å²) in [6.45, 7) is 1.21. The zero-order valence-corrected chi connectivity index (χ0v) is 7.42. The molecule has 0 radical (unpaired) electrons. The molecule has 68 valence electrons. The summed E-state index contributed by atoms with van der Waals surface area (Å²) >= 11 is 0. The second-order valence-corrected chi connectivity index (χ2v) is 3.73. The normalized spacial score (nSPS) is 27.2. The summed E-state index contributed by atoms with van der Waals surface area (Å²) in [6, 6.07) is 0. The van der Waals surface area contributed by atoms with Crippen LogP contribution in [0.5, 0.6) is 0 Å². The maximum absolute atomic E-state index is 11.5. The average molecular weight is 169 g/mol. The Kier molecular flexibility index (Phi) is 1.63. The maximum atomic E-state index is 11.5. The summed E-state index contributed by atoms with van der Waals surface area (Å²) in [4.78, 5) is 11.5. The number of rotatable bonds is 2. The molecule has 1 aliphatic carbocycles. The van der Waals surface area contributed by atoms with Crippen molar-refractivity contribution in [1.82, 2.24) is 10.0 Å². The minimum atomic E-state index is 0.201. The highest BCUT2D eigenvalue weighted by Gasteiger charge is 2.55. The van der Waals surface area contributed by atoms with Gasteiger partial charge in [-0.2, -0.15) is 0 Å². The van der Waals surface area contributed by atoms with E-state index in [9.17, 15) is 4.79 Å². The largest absolute Gasteiger partial charge is 0.329 e. The molecule has 1 heterocycles. The molecule has 0 aromatic heterocycles. The molecule has 0 atom stereocenters. The van der Waals surface area contributed by atoms with Crippen LogP contribution in [0.4, 0.5) is 0 Å². The molecule has 4 heteroatoms. The van der Waals surface area contributed by atoms with Gasteiger partial charge in [0.25, 0.3) is 0 Å². The lowest BCUT2D eigenvalue weighted by atomic mass is 10.2. The van der Waals surface area contributed by atoms with Crippen LogP contribution in [0, 0.1) is 0 Å². The molecule has 2 fully saturated rings. The molecule has 0 bridgehead atoms. The summed E-state index contributed by atoms with van der Waals surface area (Å²) in [5.41, 5.74) is 5.62. The van der Waals surface area contributed by atoms with Crippen molar-refractivity contribution in [2.45, 2.75) is 24.8 Å². The molecular formula is C8H15N3O. The lowest BCUT2D eigenvalue weighted by Gasteiger charge is -2.27. The van der Waals surface area contributed by atoms with E-state index < -0.39 is 0 Å². The Balaban J connectivity index is 2.09. The predicted octanol–water partition coefficient (Wildman–Crippen LogP) is -0.443. The average Bonchev–Trinajstić information content (AvgIpc) is 2.75. The smallest absolute Gasteiger partial charge is 0.238 e. The van der Waals surface area contributed by atoms with Gasteiger partial charge in [-0.15, -0.1) is 0 Å². The summed E-state index contributed by atoms with van der Waals surface area (Å²) in [7, 11) is 1.99. The molecule has 1 saturated heterocycles. The fraction of sp³-hybridized carbons (Fsp3) is 0.875. The zero-order chi connectivity index (χ0) is 8.77. The molecule has 0 aromatic rings. The van der Waals surface area contributed by atoms with Gasteiger partial charge in [0.2, 0.25) is 5.91 Å². The fourth-order valence-electron chi connectivity index (χ4n) is 1.95. The molecule has 1 amide bonds. The Labute approximate surface area is 72.3 Å². The van der Waals surface area contributed by atoms with Crippen LogP contribution in [-0.2, 0) is 4.79 Å². The molecule has 4 nitrogen and oxygen atoms in total. The van der Waals surface area contributed by atoms with Crippen LogP contribution in [0.1, 0.15) is 19.3 Å². The number of amides is 1. The molecule has 2 N–H and O–H groups in total. The first-order valence-corrected chi connectivity index (χ1v) is 4.44. The summed E-state index contributed by atoms with van der Waals surface area (Å²) in [5, 5.41) is 3.87. The fourth-order valence-corrected chi connectivity index (χ4v) is 1.95. The number of nitrogens with zero attached hydrogens (tertiary/aromatic N) is 2. The Bertz CT molecular complexity index is 212. The Morgan fingerprint density at radius 2 is 2.25 bits per heavy atom. The van der Waals surface area contributed by atoms with Gasteiger partial charge in [0.1, 0.15) is 0 Å². The van der Waals surface area contributed by atoms with Crippen LogP contribution in [0.2, 0.25) is 0 Å². The third-order valence-corrected chi connectivity index (χ3v) is 2.98. The molecule has 0 unspecified atom stereocenters. The van der Waals surface area contributed by atoms with E-state index in [1.807, 2.05) is 7.05 Å². The summed E-state index contributed by atoms with van der Waals surface area (Å²) < 4.78 is 0. The van der Waals surface area contributed by atoms with Crippen molar-refractivity contribution in [2.24, 2.45) is 5.73 Å². The van der Waals surface area contributed by atoms with Gasteiger partial charge in [0.15, 0.2) is 0 Å². The van der Waals surface area contributed by atoms with Gasteiger partial charge in [-0.25, -0.2) is 5.01 Å². The van der Waals surface area contributed by atoms with Crippen LogP contribution < -0.4 is 5.73 Å². The lowest BCUT2D eigenvalue weighted by molar-refractivity contribution is -0.137. The molecule has 1 aliphatic heterocycles. The van der Waals surface area contributed by atoms with Crippen LogP contribution in [-0.4, -0.2) is 41.6 Å². The van der Waals surface area contributed by atoms with Crippen molar-refractivity contribution in [3.8, 4) is 0 Å². The number of hydrazine groups is 1. The SMILES string of the molecule is CN1N(CCN)C(=O)CC12CC2. The van der Waals surface area contributed by atoms with Crippen LogP contribution >= 0.6 is 0 Å². The first-order valence-electron chi connectivity index (χ1n) is 4.44. The van der Waals surface area contributed by atoms with Gasteiger partial charge < -0.3 is 5.73 Å². The van der Waals surface area contributed by atoms with E-state index in [-0.39, 0.29) is 11.4 Å². The first kappa shape index (κ1) is 8.01. The topological polar surface area (TPSA) is 49.6 Å². The predicted molar refractivity (Wildman–Crippen MR) is 45.1 cm³/mol. The molecule has 1 spiro atoms. The lowest BCUT2D eigenvalue weighted by Crippen LogP contribution is -2.43. The molecule has 2 rings (SSSR count). The van der Waals surface area contributed by atoms with E-state index in [1.54, 1.807) is 5.01 Å². The van der Waals surface area contributed by atoms with E-state index >= 15 is 0 Å². The van der Waals surface area contributed by atoms with Crippen LogP contribution in [0.25, 0.3) is 0 Å². The van der Waals surface area contributed by atoms with Gasteiger partial charge in [-0.1, -0.05) is 0 Å². The second kappa shape index (κ2) is 2.44. The standard InChI is InChI=1S/C8H15N3O/c1-10-8(2-3-8)6-7(12)11(10)5-4-9/h2-6,9H2,1H3. The van der Waals surface area contributed by atoms with Gasteiger partial charge in [-0.3, -0.25) is 9.80 Å². The molecular weight excluding hydrogens is 154 g/mol. The van der Waals surface area contributed by atoms with Crippen LogP contribution in [0.15, 0.2) is 0 Å².